The monoisotopic (exact) mass is 338 g/mol. The smallest absolute Gasteiger partial charge is 0.254 e. The van der Waals surface area contributed by atoms with E-state index in [1.165, 1.54) is 33.1 Å². The molecule has 6 nitrogen and oxygen atoms in total. The topological polar surface area (TPSA) is 60.0 Å². The summed E-state index contributed by atoms with van der Waals surface area (Å²) in [6.45, 7) is 2.77. The minimum Gasteiger partial charge on any atom is -0.493 e. The molecule has 132 valence electrons. The zero-order chi connectivity index (χ0) is 17.1. The summed E-state index contributed by atoms with van der Waals surface area (Å²) in [5.74, 6) is -0.560. The summed E-state index contributed by atoms with van der Waals surface area (Å²) in [4.78, 5) is 14.7. The van der Waals surface area contributed by atoms with Crippen molar-refractivity contribution in [3.8, 4) is 11.5 Å². The molecular weight excluding hydrogens is 315 g/mol. The number of amides is 1. The van der Waals surface area contributed by atoms with Gasteiger partial charge in [-0.05, 0) is 18.9 Å². The third kappa shape index (κ3) is 3.79. The first kappa shape index (κ1) is 17.0. The number of ether oxygens (including phenoxy) is 3. The number of nitrogens with one attached hydrogen (secondary N) is 1. The number of carbonyl (C=O) groups excluding carboxylic acids is 1. The molecule has 1 heterocycles. The van der Waals surface area contributed by atoms with Crippen LogP contribution in [0.15, 0.2) is 12.1 Å². The van der Waals surface area contributed by atoms with Crippen molar-refractivity contribution in [2.24, 2.45) is 0 Å². The number of benzene rings is 1. The molecule has 1 aliphatic heterocycles. The molecule has 0 spiro atoms. The van der Waals surface area contributed by atoms with E-state index in [9.17, 15) is 9.18 Å². The van der Waals surface area contributed by atoms with Crippen molar-refractivity contribution in [3.63, 3.8) is 0 Å². The highest BCUT2D eigenvalue weighted by Gasteiger charge is 2.33. The summed E-state index contributed by atoms with van der Waals surface area (Å²) in [5.41, 5.74) is -0.0671. The highest BCUT2D eigenvalue weighted by molar-refractivity contribution is 5.95. The molecule has 0 radical (unpaired) electrons. The first-order chi connectivity index (χ1) is 11.6. The van der Waals surface area contributed by atoms with Crippen molar-refractivity contribution in [1.82, 2.24) is 10.2 Å². The molecule has 0 bridgehead atoms. The number of carbonyl (C=O) groups is 1. The Morgan fingerprint density at radius 2 is 2.04 bits per heavy atom. The van der Waals surface area contributed by atoms with Gasteiger partial charge in [0.1, 0.15) is 5.82 Å². The molecular formula is C17H23FN2O4. The molecule has 1 N–H and O–H groups in total. The van der Waals surface area contributed by atoms with Gasteiger partial charge in [0.15, 0.2) is 11.5 Å². The SMILES string of the molecule is COc1cc(F)c(C(=O)NCC2CN(C3CC3)CCO2)cc1OC. The van der Waals surface area contributed by atoms with Gasteiger partial charge in [0.05, 0.1) is 32.5 Å². The number of morpholine rings is 1. The zero-order valence-electron chi connectivity index (χ0n) is 14.0. The number of hydrogen-bond donors (Lipinski definition) is 1. The lowest BCUT2D eigenvalue weighted by Gasteiger charge is -2.33. The molecule has 7 heteroatoms. The van der Waals surface area contributed by atoms with E-state index in [1.54, 1.807) is 0 Å². The van der Waals surface area contributed by atoms with Gasteiger partial charge in [0, 0.05) is 31.7 Å². The highest BCUT2D eigenvalue weighted by Crippen LogP contribution is 2.30. The number of halogens is 1. The average Bonchev–Trinajstić information content (AvgIpc) is 3.44. The summed E-state index contributed by atoms with van der Waals surface area (Å²) in [5, 5.41) is 2.75. The molecule has 1 unspecified atom stereocenters. The Kier molecular flexibility index (Phi) is 5.20. The minimum atomic E-state index is -0.644. The molecule has 1 saturated carbocycles. The predicted octanol–water partition coefficient (Wildman–Crippen LogP) is 1.44. The van der Waals surface area contributed by atoms with Gasteiger partial charge in [-0.15, -0.1) is 0 Å². The van der Waals surface area contributed by atoms with Gasteiger partial charge in [-0.2, -0.15) is 0 Å². The standard InChI is InChI=1S/C17H23FN2O4/c1-22-15-7-13(14(18)8-16(15)23-2)17(21)19-9-12-10-20(5-6-24-12)11-3-4-11/h7-8,11-12H,3-6,9-10H2,1-2H3,(H,19,21). The van der Waals surface area contributed by atoms with Crippen LogP contribution in [-0.4, -0.2) is 63.4 Å². The van der Waals surface area contributed by atoms with Crippen LogP contribution >= 0.6 is 0 Å². The number of methoxy groups -OCH3 is 2. The quantitative estimate of drug-likeness (QED) is 0.850. The van der Waals surface area contributed by atoms with E-state index in [2.05, 4.69) is 10.2 Å². The third-order valence-electron chi connectivity index (χ3n) is 4.44. The number of nitrogens with zero attached hydrogens (tertiary/aromatic N) is 1. The second kappa shape index (κ2) is 7.36. The van der Waals surface area contributed by atoms with Crippen molar-refractivity contribution in [1.29, 1.82) is 0 Å². The molecule has 1 aliphatic carbocycles. The summed E-state index contributed by atoms with van der Waals surface area (Å²) < 4.78 is 29.9. The molecule has 3 rings (SSSR count). The Morgan fingerprint density at radius 1 is 1.33 bits per heavy atom. The molecule has 24 heavy (non-hydrogen) atoms. The maximum atomic E-state index is 14.1. The van der Waals surface area contributed by atoms with E-state index >= 15 is 0 Å². The molecule has 2 fully saturated rings. The van der Waals surface area contributed by atoms with Crippen molar-refractivity contribution >= 4 is 5.91 Å². The van der Waals surface area contributed by atoms with Crippen LogP contribution in [0.2, 0.25) is 0 Å². The molecule has 1 saturated heterocycles. The lowest BCUT2D eigenvalue weighted by molar-refractivity contribution is -0.0293. The Hall–Kier alpha value is -1.86. The fourth-order valence-electron chi connectivity index (χ4n) is 2.97. The molecule has 0 aromatic heterocycles. The van der Waals surface area contributed by atoms with Gasteiger partial charge < -0.3 is 19.5 Å². The van der Waals surface area contributed by atoms with E-state index < -0.39 is 11.7 Å². The van der Waals surface area contributed by atoms with Gasteiger partial charge in [0.2, 0.25) is 0 Å². The number of hydrogen-bond acceptors (Lipinski definition) is 5. The maximum absolute atomic E-state index is 14.1. The summed E-state index contributed by atoms with van der Waals surface area (Å²) in [7, 11) is 2.86. The lowest BCUT2D eigenvalue weighted by atomic mass is 10.1. The van der Waals surface area contributed by atoms with Crippen LogP contribution in [0.4, 0.5) is 4.39 Å². The van der Waals surface area contributed by atoms with E-state index in [4.69, 9.17) is 14.2 Å². The normalized spacial score (nSPS) is 21.4. The first-order valence-electron chi connectivity index (χ1n) is 8.17. The van der Waals surface area contributed by atoms with Crippen molar-refractivity contribution in [2.45, 2.75) is 25.0 Å². The van der Waals surface area contributed by atoms with Gasteiger partial charge in [-0.25, -0.2) is 4.39 Å². The fraction of sp³-hybridized carbons (Fsp3) is 0.588. The van der Waals surface area contributed by atoms with E-state index in [1.807, 2.05) is 0 Å². The fourth-order valence-corrected chi connectivity index (χ4v) is 2.97. The van der Waals surface area contributed by atoms with E-state index in [0.717, 1.165) is 19.2 Å². The van der Waals surface area contributed by atoms with E-state index in [-0.39, 0.29) is 17.4 Å². The Morgan fingerprint density at radius 3 is 2.71 bits per heavy atom. The second-order valence-electron chi connectivity index (χ2n) is 6.12. The van der Waals surface area contributed by atoms with Crippen molar-refractivity contribution in [3.05, 3.63) is 23.5 Å². The van der Waals surface area contributed by atoms with Crippen LogP contribution in [0.3, 0.4) is 0 Å². The first-order valence-corrected chi connectivity index (χ1v) is 8.17. The van der Waals surface area contributed by atoms with Gasteiger partial charge >= 0.3 is 0 Å². The van der Waals surface area contributed by atoms with Gasteiger partial charge in [-0.3, -0.25) is 9.69 Å². The van der Waals surface area contributed by atoms with Crippen LogP contribution in [-0.2, 0) is 4.74 Å². The highest BCUT2D eigenvalue weighted by atomic mass is 19.1. The number of rotatable bonds is 6. The summed E-state index contributed by atoms with van der Waals surface area (Å²) in [6, 6.07) is 3.18. The average molecular weight is 338 g/mol. The Balaban J connectivity index is 1.60. The van der Waals surface area contributed by atoms with Crippen LogP contribution in [0.5, 0.6) is 11.5 Å². The third-order valence-corrected chi connectivity index (χ3v) is 4.44. The molecule has 1 amide bonds. The lowest BCUT2D eigenvalue weighted by Crippen LogP contribution is -2.48. The predicted molar refractivity (Wildman–Crippen MR) is 86.2 cm³/mol. The van der Waals surface area contributed by atoms with Gasteiger partial charge in [-0.1, -0.05) is 0 Å². The van der Waals surface area contributed by atoms with Gasteiger partial charge in [0.25, 0.3) is 5.91 Å². The second-order valence-corrected chi connectivity index (χ2v) is 6.12. The zero-order valence-corrected chi connectivity index (χ0v) is 14.0. The van der Waals surface area contributed by atoms with E-state index in [0.29, 0.717) is 24.9 Å². The van der Waals surface area contributed by atoms with Crippen LogP contribution in [0.1, 0.15) is 23.2 Å². The van der Waals surface area contributed by atoms with Crippen LogP contribution in [0, 0.1) is 5.82 Å². The van der Waals surface area contributed by atoms with Crippen molar-refractivity contribution in [2.75, 3.05) is 40.5 Å². The molecule has 2 aliphatic rings. The molecule has 1 aromatic carbocycles. The Labute approximate surface area is 140 Å². The maximum Gasteiger partial charge on any atom is 0.254 e. The molecule has 1 aromatic rings. The Bertz CT molecular complexity index is 606. The molecule has 1 atom stereocenters. The summed E-state index contributed by atoms with van der Waals surface area (Å²) >= 11 is 0. The van der Waals surface area contributed by atoms with Crippen LogP contribution in [0.25, 0.3) is 0 Å². The summed E-state index contributed by atoms with van der Waals surface area (Å²) in [6.07, 6.45) is 2.43. The largest absolute Gasteiger partial charge is 0.493 e. The minimum absolute atomic E-state index is 0.0634. The van der Waals surface area contributed by atoms with Crippen LogP contribution < -0.4 is 14.8 Å². The van der Waals surface area contributed by atoms with Crippen molar-refractivity contribution < 1.29 is 23.4 Å².